The number of hydrogen-bond donors (Lipinski definition) is 2. The van der Waals surface area contributed by atoms with Crippen LogP contribution in [0.1, 0.15) is 12.8 Å². The lowest BCUT2D eigenvalue weighted by molar-refractivity contribution is -0.149. The third-order valence-electron chi connectivity index (χ3n) is 3.23. The monoisotopic (exact) mass is 261 g/mol. The molecule has 0 spiro atoms. The number of hydrogen-bond acceptors (Lipinski definition) is 5. The van der Waals surface area contributed by atoms with Crippen LogP contribution in [0.4, 0.5) is 0 Å². The number of ether oxygens (including phenoxy) is 3. The number of rotatable bonds is 10. The van der Waals surface area contributed by atoms with E-state index in [2.05, 4.69) is 5.32 Å². The minimum absolute atomic E-state index is 0.460. The van der Waals surface area contributed by atoms with Gasteiger partial charge in [0, 0.05) is 20.3 Å². The van der Waals surface area contributed by atoms with Crippen molar-refractivity contribution in [1.82, 2.24) is 5.32 Å². The van der Waals surface area contributed by atoms with Gasteiger partial charge in [-0.15, -0.1) is 0 Å². The van der Waals surface area contributed by atoms with Crippen LogP contribution in [-0.2, 0) is 19.0 Å². The van der Waals surface area contributed by atoms with Crippen molar-refractivity contribution < 1.29 is 24.1 Å². The zero-order valence-corrected chi connectivity index (χ0v) is 10.9. The van der Waals surface area contributed by atoms with E-state index in [0.717, 1.165) is 6.54 Å². The van der Waals surface area contributed by atoms with Crippen molar-refractivity contribution in [2.75, 3.05) is 53.2 Å². The Kier molecular flexibility index (Phi) is 7.19. The van der Waals surface area contributed by atoms with Crippen molar-refractivity contribution in [3.05, 3.63) is 0 Å². The first-order valence-electron chi connectivity index (χ1n) is 6.30. The summed E-state index contributed by atoms with van der Waals surface area (Å²) in [6.07, 6.45) is 1.23. The molecule has 0 aromatic carbocycles. The molecule has 6 nitrogen and oxygen atoms in total. The second kappa shape index (κ2) is 8.42. The predicted molar refractivity (Wildman–Crippen MR) is 65.7 cm³/mol. The normalized spacial score (nSPS) is 23.4. The zero-order valence-electron chi connectivity index (χ0n) is 10.9. The fourth-order valence-corrected chi connectivity index (χ4v) is 1.98. The van der Waals surface area contributed by atoms with Crippen LogP contribution in [0.3, 0.4) is 0 Å². The fraction of sp³-hybridized carbons (Fsp3) is 0.917. The number of carbonyl (C=O) groups is 1. The van der Waals surface area contributed by atoms with Crippen LogP contribution in [0, 0.1) is 5.41 Å². The van der Waals surface area contributed by atoms with Crippen molar-refractivity contribution in [3.63, 3.8) is 0 Å². The van der Waals surface area contributed by atoms with Gasteiger partial charge < -0.3 is 24.6 Å². The molecule has 2 N–H and O–H groups in total. The average Bonchev–Trinajstić information content (AvgIpc) is 2.83. The van der Waals surface area contributed by atoms with Crippen LogP contribution >= 0.6 is 0 Å². The van der Waals surface area contributed by atoms with Gasteiger partial charge in [0.15, 0.2) is 0 Å². The maximum atomic E-state index is 11.2. The van der Waals surface area contributed by atoms with Crippen molar-refractivity contribution in [2.24, 2.45) is 5.41 Å². The molecule has 1 heterocycles. The van der Waals surface area contributed by atoms with E-state index in [9.17, 15) is 9.90 Å². The third kappa shape index (κ3) is 4.89. The van der Waals surface area contributed by atoms with Crippen molar-refractivity contribution in [3.8, 4) is 0 Å². The summed E-state index contributed by atoms with van der Waals surface area (Å²) < 4.78 is 15.5. The molecule has 0 aliphatic carbocycles. The van der Waals surface area contributed by atoms with Crippen molar-refractivity contribution in [2.45, 2.75) is 12.8 Å². The van der Waals surface area contributed by atoms with Gasteiger partial charge in [-0.2, -0.15) is 0 Å². The molecule has 1 saturated heterocycles. The Morgan fingerprint density at radius 1 is 1.22 bits per heavy atom. The topological polar surface area (TPSA) is 77.0 Å². The first-order valence-corrected chi connectivity index (χ1v) is 6.30. The molecule has 0 aromatic rings. The van der Waals surface area contributed by atoms with Gasteiger partial charge in [0.25, 0.3) is 0 Å². The fourth-order valence-electron chi connectivity index (χ4n) is 1.98. The summed E-state index contributed by atoms with van der Waals surface area (Å²) in [4.78, 5) is 11.2. The highest BCUT2D eigenvalue weighted by Crippen LogP contribution is 2.29. The minimum atomic E-state index is -0.729. The second-order valence-corrected chi connectivity index (χ2v) is 4.48. The predicted octanol–water partition coefficient (Wildman–Crippen LogP) is 0.120. The van der Waals surface area contributed by atoms with E-state index in [1.165, 1.54) is 0 Å². The summed E-state index contributed by atoms with van der Waals surface area (Å²) >= 11 is 0. The van der Waals surface area contributed by atoms with Crippen LogP contribution in [0.2, 0.25) is 0 Å². The first kappa shape index (κ1) is 15.4. The van der Waals surface area contributed by atoms with Gasteiger partial charge in [-0.3, -0.25) is 4.79 Å². The Hall–Kier alpha value is -0.690. The summed E-state index contributed by atoms with van der Waals surface area (Å²) in [6, 6.07) is 0. The number of aliphatic carboxylic acids is 1. The molecule has 0 radical (unpaired) electrons. The maximum absolute atomic E-state index is 11.2. The maximum Gasteiger partial charge on any atom is 0.311 e. The highest BCUT2D eigenvalue weighted by molar-refractivity contribution is 5.75. The SMILES string of the molecule is COCCOCCOCCC1(C(=O)O)CCNC1. The van der Waals surface area contributed by atoms with Gasteiger partial charge in [0.2, 0.25) is 0 Å². The molecular formula is C12H23NO5. The number of carboxylic acids is 1. The van der Waals surface area contributed by atoms with E-state index >= 15 is 0 Å². The molecule has 0 saturated carbocycles. The first-order chi connectivity index (χ1) is 8.71. The summed E-state index contributed by atoms with van der Waals surface area (Å²) in [6.45, 7) is 3.91. The van der Waals surface area contributed by atoms with Gasteiger partial charge in [0.05, 0.1) is 31.8 Å². The quantitative estimate of drug-likeness (QED) is 0.544. The molecule has 0 bridgehead atoms. The second-order valence-electron chi connectivity index (χ2n) is 4.48. The molecule has 18 heavy (non-hydrogen) atoms. The standard InChI is InChI=1S/C12H23NO5/c1-16-6-7-18-9-8-17-5-3-12(11(14)15)2-4-13-10-12/h13H,2-10H2,1H3,(H,14,15). The van der Waals surface area contributed by atoms with Crippen LogP contribution in [0.25, 0.3) is 0 Å². The van der Waals surface area contributed by atoms with Gasteiger partial charge in [-0.05, 0) is 19.4 Å². The molecule has 106 valence electrons. The zero-order chi connectivity index (χ0) is 13.3. The number of nitrogens with one attached hydrogen (secondary N) is 1. The van der Waals surface area contributed by atoms with E-state index in [1.54, 1.807) is 7.11 Å². The van der Waals surface area contributed by atoms with Crippen LogP contribution < -0.4 is 5.32 Å². The van der Waals surface area contributed by atoms with Gasteiger partial charge in [-0.25, -0.2) is 0 Å². The van der Waals surface area contributed by atoms with Crippen LogP contribution in [0.15, 0.2) is 0 Å². The Morgan fingerprint density at radius 3 is 2.44 bits per heavy atom. The Labute approximate surface area is 108 Å². The molecule has 1 rings (SSSR count). The molecule has 1 aliphatic heterocycles. The largest absolute Gasteiger partial charge is 0.481 e. The molecule has 1 fully saturated rings. The highest BCUT2D eigenvalue weighted by atomic mass is 16.5. The van der Waals surface area contributed by atoms with E-state index in [1.807, 2.05) is 0 Å². The summed E-state index contributed by atoms with van der Waals surface area (Å²) in [7, 11) is 1.63. The van der Waals surface area contributed by atoms with Crippen LogP contribution in [-0.4, -0.2) is 64.3 Å². The summed E-state index contributed by atoms with van der Waals surface area (Å²) in [5.74, 6) is -0.729. The molecule has 1 unspecified atom stereocenters. The molecule has 0 amide bonds. The lowest BCUT2D eigenvalue weighted by Crippen LogP contribution is -2.34. The molecular weight excluding hydrogens is 238 g/mol. The third-order valence-corrected chi connectivity index (χ3v) is 3.23. The smallest absolute Gasteiger partial charge is 0.311 e. The average molecular weight is 261 g/mol. The molecule has 1 aliphatic rings. The minimum Gasteiger partial charge on any atom is -0.481 e. The van der Waals surface area contributed by atoms with E-state index in [-0.39, 0.29) is 0 Å². The van der Waals surface area contributed by atoms with Gasteiger partial charge >= 0.3 is 5.97 Å². The Balaban J connectivity index is 2.04. The Bertz CT molecular complexity index is 241. The van der Waals surface area contributed by atoms with Crippen molar-refractivity contribution in [1.29, 1.82) is 0 Å². The van der Waals surface area contributed by atoms with Crippen molar-refractivity contribution >= 4 is 5.97 Å². The lowest BCUT2D eigenvalue weighted by Gasteiger charge is -2.22. The van der Waals surface area contributed by atoms with E-state index in [0.29, 0.717) is 52.4 Å². The molecule has 6 heteroatoms. The van der Waals surface area contributed by atoms with E-state index in [4.69, 9.17) is 14.2 Å². The van der Waals surface area contributed by atoms with Gasteiger partial charge in [-0.1, -0.05) is 0 Å². The number of carboxylic acid groups (broad SMARTS) is 1. The summed E-state index contributed by atoms with van der Waals surface area (Å²) in [5, 5.41) is 12.3. The van der Waals surface area contributed by atoms with Gasteiger partial charge in [0.1, 0.15) is 0 Å². The molecule has 1 atom stereocenters. The number of methoxy groups -OCH3 is 1. The Morgan fingerprint density at radius 2 is 1.89 bits per heavy atom. The highest BCUT2D eigenvalue weighted by Gasteiger charge is 2.40. The van der Waals surface area contributed by atoms with E-state index < -0.39 is 11.4 Å². The lowest BCUT2D eigenvalue weighted by atomic mass is 9.84. The van der Waals surface area contributed by atoms with Crippen LogP contribution in [0.5, 0.6) is 0 Å². The molecule has 0 aromatic heterocycles. The summed E-state index contributed by atoms with van der Waals surface area (Å²) in [5.41, 5.74) is -0.642.